The number of nitrogens with one attached hydrogen (secondary N) is 1. The molecule has 2 nitrogen and oxygen atoms in total. The molecule has 13 heavy (non-hydrogen) atoms. The minimum Gasteiger partial charge on any atom is -1.00 e. The van der Waals surface area contributed by atoms with Crippen molar-refractivity contribution in [2.75, 3.05) is 13.1 Å². The molecular weight excluding hydrogens is 219 g/mol. The van der Waals surface area contributed by atoms with Crippen LogP contribution in [0.3, 0.4) is 0 Å². The van der Waals surface area contributed by atoms with Crippen LogP contribution in [0, 0.1) is 0 Å². The number of hydrogen-bond donors (Lipinski definition) is 1. The van der Waals surface area contributed by atoms with Crippen LogP contribution in [-0.2, 0) is 26.5 Å². The summed E-state index contributed by atoms with van der Waals surface area (Å²) in [5.41, 5.74) is 0. The van der Waals surface area contributed by atoms with Crippen LogP contribution in [0.2, 0.25) is 0 Å². The molecule has 0 aromatic heterocycles. The van der Waals surface area contributed by atoms with E-state index in [1.807, 2.05) is 13.8 Å². The van der Waals surface area contributed by atoms with E-state index in [2.05, 4.69) is 5.32 Å². The van der Waals surface area contributed by atoms with Gasteiger partial charge in [-0.05, 0) is 19.5 Å². The molecule has 1 radical (unpaired) electrons. The average Bonchev–Trinajstić information content (AvgIpc) is 1.85. The molecule has 0 aliphatic rings. The molecule has 0 fully saturated rings. The van der Waals surface area contributed by atoms with E-state index in [1.54, 1.807) is 12.2 Å². The minimum atomic E-state index is 0. The number of ketones is 1. The van der Waals surface area contributed by atoms with Gasteiger partial charge in [0.15, 0.2) is 5.78 Å². The summed E-state index contributed by atoms with van der Waals surface area (Å²) in [4.78, 5) is 10.7. The van der Waals surface area contributed by atoms with Gasteiger partial charge in [-0.3, -0.25) is 4.79 Å². The van der Waals surface area contributed by atoms with Gasteiger partial charge in [0.25, 0.3) is 0 Å². The first-order chi connectivity index (χ1) is 4.31. The van der Waals surface area contributed by atoms with Crippen LogP contribution >= 0.6 is 0 Å². The van der Waals surface area contributed by atoms with E-state index in [9.17, 15) is 4.79 Å². The van der Waals surface area contributed by atoms with Crippen molar-refractivity contribution in [1.82, 2.24) is 5.32 Å². The Bertz CT molecular complexity index is 122. The van der Waals surface area contributed by atoms with E-state index in [0.29, 0.717) is 6.54 Å². The van der Waals surface area contributed by atoms with E-state index in [0.717, 1.165) is 6.54 Å². The maximum absolute atomic E-state index is 10.7. The Morgan fingerprint density at radius 1 is 1.31 bits per heavy atom. The number of carbonyl (C=O) groups excluding carboxylic acids is 1. The predicted octanol–water partition coefficient (Wildman–Crippen LogP) is -8.25. The van der Waals surface area contributed by atoms with E-state index in [-0.39, 0.29) is 41.6 Å². The number of halogens is 3. The molecule has 0 amide bonds. The van der Waals surface area contributed by atoms with Gasteiger partial charge >= 0.3 is 21.7 Å². The summed E-state index contributed by atoms with van der Waals surface area (Å²) in [6, 6.07) is 0. The molecule has 0 saturated carbocycles. The second kappa shape index (κ2) is 22.6. The van der Waals surface area contributed by atoms with E-state index < -0.39 is 0 Å². The molecule has 0 aromatic rings. The zero-order chi connectivity index (χ0) is 7.11. The molecule has 0 heterocycles. The topological polar surface area (TPSA) is 29.1 Å². The standard InChI is InChI=1S/C7H13NO.3FH.Ti/c1-3-5-7(9)6-8-4-2;;;;/h3,5,8H,4,6H2,1-2H3;3*1H;/q;;;;+3/p-3. The molecule has 0 unspecified atom stereocenters. The van der Waals surface area contributed by atoms with Gasteiger partial charge < -0.3 is 19.4 Å². The molecule has 0 atom stereocenters. The first-order valence-electron chi connectivity index (χ1n) is 3.17. The van der Waals surface area contributed by atoms with Crippen LogP contribution in [0.5, 0.6) is 0 Å². The molecule has 0 saturated heterocycles. The van der Waals surface area contributed by atoms with Crippen LogP contribution in [0.1, 0.15) is 13.8 Å². The summed E-state index contributed by atoms with van der Waals surface area (Å²) in [5.74, 6) is 0.138. The van der Waals surface area contributed by atoms with Gasteiger partial charge in [0.05, 0.1) is 6.54 Å². The fourth-order valence-electron chi connectivity index (χ4n) is 0.493. The Hall–Kier alpha value is -0.126. The fourth-order valence-corrected chi connectivity index (χ4v) is 0.493. The first-order valence-corrected chi connectivity index (χ1v) is 3.17. The molecule has 6 heteroatoms. The quantitative estimate of drug-likeness (QED) is 0.385. The Balaban J connectivity index is -0.0000000533. The Kier molecular flexibility index (Phi) is 51.0. The van der Waals surface area contributed by atoms with Crippen LogP contribution < -0.4 is 19.4 Å². The van der Waals surface area contributed by atoms with Crippen molar-refractivity contribution >= 4 is 5.78 Å². The normalized spacial score (nSPS) is 7.23. The van der Waals surface area contributed by atoms with Gasteiger partial charge in [0, 0.05) is 0 Å². The van der Waals surface area contributed by atoms with Gasteiger partial charge in [-0.1, -0.05) is 13.0 Å². The largest absolute Gasteiger partial charge is 3.00 e. The minimum absolute atomic E-state index is 0. The first kappa shape index (κ1) is 29.3. The van der Waals surface area contributed by atoms with E-state index >= 15 is 0 Å². The summed E-state index contributed by atoms with van der Waals surface area (Å²) < 4.78 is 0. The van der Waals surface area contributed by atoms with Gasteiger partial charge in [0.1, 0.15) is 0 Å². The van der Waals surface area contributed by atoms with Crippen LogP contribution in [0.15, 0.2) is 12.2 Å². The summed E-state index contributed by atoms with van der Waals surface area (Å²) in [6.07, 6.45) is 3.32. The number of carbonyl (C=O) groups is 1. The third-order valence-corrected chi connectivity index (χ3v) is 0.902. The number of allylic oxidation sites excluding steroid dienone is 1. The van der Waals surface area contributed by atoms with E-state index in [4.69, 9.17) is 0 Å². The maximum Gasteiger partial charge on any atom is 3.00 e. The second-order valence-corrected chi connectivity index (χ2v) is 1.75. The molecule has 0 aliphatic carbocycles. The zero-order valence-corrected chi connectivity index (χ0v) is 9.17. The molecule has 1 N–H and O–H groups in total. The molecule has 0 rings (SSSR count). The van der Waals surface area contributed by atoms with Crippen molar-refractivity contribution in [2.24, 2.45) is 0 Å². The van der Waals surface area contributed by atoms with Crippen molar-refractivity contribution < 1.29 is 40.6 Å². The summed E-state index contributed by atoms with van der Waals surface area (Å²) in [7, 11) is 0. The Labute approximate surface area is 91.1 Å². The summed E-state index contributed by atoms with van der Waals surface area (Å²) in [5, 5.41) is 2.93. The van der Waals surface area contributed by atoms with Crippen molar-refractivity contribution in [3.8, 4) is 0 Å². The van der Waals surface area contributed by atoms with Crippen molar-refractivity contribution in [3.63, 3.8) is 0 Å². The fraction of sp³-hybridized carbons (Fsp3) is 0.571. The van der Waals surface area contributed by atoms with Crippen molar-refractivity contribution in [2.45, 2.75) is 13.8 Å². The van der Waals surface area contributed by atoms with Crippen LogP contribution in [0.25, 0.3) is 0 Å². The van der Waals surface area contributed by atoms with Gasteiger partial charge in [0.2, 0.25) is 0 Å². The number of likely N-dealkylation sites (N-methyl/N-ethyl adjacent to an activating group) is 1. The molecule has 0 bridgehead atoms. The van der Waals surface area contributed by atoms with Crippen LogP contribution in [-0.4, -0.2) is 18.9 Å². The summed E-state index contributed by atoms with van der Waals surface area (Å²) in [6.45, 7) is 5.12. The van der Waals surface area contributed by atoms with Crippen LogP contribution in [0.4, 0.5) is 0 Å². The molecule has 77 valence electrons. The average molecular weight is 232 g/mol. The van der Waals surface area contributed by atoms with Gasteiger partial charge in [-0.15, -0.1) is 0 Å². The van der Waals surface area contributed by atoms with E-state index in [1.165, 1.54) is 0 Å². The Morgan fingerprint density at radius 3 is 2.08 bits per heavy atom. The monoisotopic (exact) mass is 232 g/mol. The number of hydrogen-bond acceptors (Lipinski definition) is 2. The summed E-state index contributed by atoms with van der Waals surface area (Å²) >= 11 is 0. The molecule has 0 aliphatic heterocycles. The zero-order valence-electron chi connectivity index (χ0n) is 7.61. The predicted molar refractivity (Wildman–Crippen MR) is 38.4 cm³/mol. The second-order valence-electron chi connectivity index (χ2n) is 1.75. The molecular formula is C7H13F3NOTi. The van der Waals surface area contributed by atoms with Gasteiger partial charge in [-0.25, -0.2) is 0 Å². The SMILES string of the molecule is CC=CC(=O)CNCC.[F-].[F-].[F-].[Ti+3]. The van der Waals surface area contributed by atoms with Crippen molar-refractivity contribution in [3.05, 3.63) is 12.2 Å². The third-order valence-electron chi connectivity index (χ3n) is 0.902. The Morgan fingerprint density at radius 2 is 1.77 bits per heavy atom. The number of rotatable bonds is 4. The third kappa shape index (κ3) is 24.5. The molecule has 0 spiro atoms. The molecule has 0 aromatic carbocycles. The maximum atomic E-state index is 10.7. The smallest absolute Gasteiger partial charge is 1.00 e. The van der Waals surface area contributed by atoms with Crippen molar-refractivity contribution in [1.29, 1.82) is 0 Å². The van der Waals surface area contributed by atoms with Gasteiger partial charge in [-0.2, -0.15) is 0 Å².